The van der Waals surface area contributed by atoms with Crippen molar-refractivity contribution in [3.63, 3.8) is 0 Å². The maximum atomic E-state index is 11.9. The van der Waals surface area contributed by atoms with Crippen molar-refractivity contribution in [1.29, 1.82) is 0 Å². The molecule has 0 aromatic rings. The van der Waals surface area contributed by atoms with Crippen LogP contribution < -0.4 is 16.0 Å². The van der Waals surface area contributed by atoms with E-state index < -0.39 is 31.3 Å². The largest absolute Gasteiger partial charge is 0.355 e. The van der Waals surface area contributed by atoms with Crippen LogP contribution in [0.15, 0.2) is 0 Å². The normalized spacial score (nSPS) is 14.5. The van der Waals surface area contributed by atoms with Crippen molar-refractivity contribution in [3.8, 4) is 0 Å². The average Bonchev–Trinajstić information content (AvgIpc) is 2.46. The molecule has 0 aliphatic rings. The molecular weight excluding hydrogens is 384 g/mol. The molecule has 19 heavy (non-hydrogen) atoms. The second kappa shape index (κ2) is 11.3. The third-order valence-electron chi connectivity index (χ3n) is 2.15. The molecule has 0 aliphatic carbocycles. The topological polar surface area (TPSA) is 87.3 Å². The minimum Gasteiger partial charge on any atom is -0.355 e. The summed E-state index contributed by atoms with van der Waals surface area (Å²) in [5.41, 5.74) is 0. The number of hydrogen-bond donors (Lipinski definition) is 3. The molecule has 3 amide bonds. The third kappa shape index (κ3) is 9.04. The van der Waals surface area contributed by atoms with Gasteiger partial charge in [0.15, 0.2) is 0 Å². The first-order chi connectivity index (χ1) is 10.2. The van der Waals surface area contributed by atoms with Crippen LogP contribution in [0.1, 0.15) is 23.8 Å². The average molecular weight is 407 g/mol. The zero-order valence-electron chi connectivity index (χ0n) is 13.3. The van der Waals surface area contributed by atoms with Gasteiger partial charge in [-0.2, -0.15) is 0 Å². The molecule has 0 bridgehead atoms. The molecule has 0 radical (unpaired) electrons. The summed E-state index contributed by atoms with van der Waals surface area (Å²) in [7, 11) is 0. The lowest BCUT2D eigenvalue weighted by molar-refractivity contribution is -0.128. The van der Waals surface area contributed by atoms with Crippen LogP contribution in [0.25, 0.3) is 0 Å². The molecule has 0 spiro atoms. The Bertz CT molecular complexity index is 397. The summed E-state index contributed by atoms with van der Waals surface area (Å²) in [4.78, 5) is 34.3. The van der Waals surface area contributed by atoms with Crippen molar-refractivity contribution in [1.82, 2.24) is 16.0 Å². The highest BCUT2D eigenvalue weighted by atomic mass is 127. The Morgan fingerprint density at radius 1 is 1.32 bits per heavy atom. The SMILES string of the molecule is [2H]C([2H])([2H])CNC(=O)[C@H](CCCNC(=O)CI)NC(=O)CCl. The lowest BCUT2D eigenvalue weighted by atomic mass is 10.1. The maximum Gasteiger partial charge on any atom is 0.242 e. The van der Waals surface area contributed by atoms with Gasteiger partial charge in [-0.25, -0.2) is 0 Å². The van der Waals surface area contributed by atoms with E-state index in [4.69, 9.17) is 15.7 Å². The number of carbonyl (C=O) groups is 3. The minimum absolute atomic E-state index is 0.117. The molecule has 0 aliphatic heterocycles. The number of likely N-dealkylation sites (N-methyl/N-ethyl adjacent to an activating group) is 1. The molecule has 0 saturated carbocycles. The third-order valence-corrected chi connectivity index (χ3v) is 3.08. The van der Waals surface area contributed by atoms with E-state index in [0.29, 0.717) is 17.4 Å². The predicted octanol–water partition coefficient (Wildman–Crippen LogP) is 0.178. The van der Waals surface area contributed by atoms with Crippen LogP contribution in [0.4, 0.5) is 0 Å². The zero-order chi connectivity index (χ0) is 17.2. The fourth-order valence-electron chi connectivity index (χ4n) is 1.29. The molecule has 6 nitrogen and oxygen atoms in total. The van der Waals surface area contributed by atoms with Gasteiger partial charge in [0.25, 0.3) is 0 Å². The van der Waals surface area contributed by atoms with Crippen LogP contribution in [-0.2, 0) is 14.4 Å². The van der Waals surface area contributed by atoms with E-state index in [9.17, 15) is 14.4 Å². The van der Waals surface area contributed by atoms with Gasteiger partial charge in [0.1, 0.15) is 11.9 Å². The van der Waals surface area contributed by atoms with Gasteiger partial charge in [-0.3, -0.25) is 14.4 Å². The summed E-state index contributed by atoms with van der Waals surface area (Å²) in [6, 6.07) is -0.884. The number of amides is 3. The maximum absolute atomic E-state index is 11.9. The van der Waals surface area contributed by atoms with Gasteiger partial charge in [0.2, 0.25) is 17.7 Å². The molecule has 1 atom stereocenters. The van der Waals surface area contributed by atoms with E-state index in [0.717, 1.165) is 0 Å². The van der Waals surface area contributed by atoms with Crippen LogP contribution in [0.3, 0.4) is 0 Å². The molecular formula is C11H19ClIN3O3. The number of halogens is 2. The summed E-state index contributed by atoms with van der Waals surface area (Å²) in [5, 5.41) is 7.33. The van der Waals surface area contributed by atoms with E-state index >= 15 is 0 Å². The quantitative estimate of drug-likeness (QED) is 0.290. The zero-order valence-corrected chi connectivity index (χ0v) is 13.2. The Kier molecular flexibility index (Phi) is 7.96. The second-order valence-electron chi connectivity index (χ2n) is 3.60. The van der Waals surface area contributed by atoms with Gasteiger partial charge in [0, 0.05) is 17.2 Å². The highest BCUT2D eigenvalue weighted by Gasteiger charge is 2.19. The van der Waals surface area contributed by atoms with Gasteiger partial charge in [-0.1, -0.05) is 22.6 Å². The Morgan fingerprint density at radius 2 is 2.05 bits per heavy atom. The fourth-order valence-corrected chi connectivity index (χ4v) is 1.64. The van der Waals surface area contributed by atoms with Gasteiger partial charge >= 0.3 is 0 Å². The molecule has 0 rings (SSSR count). The smallest absolute Gasteiger partial charge is 0.242 e. The molecule has 0 aromatic heterocycles. The van der Waals surface area contributed by atoms with Gasteiger partial charge < -0.3 is 16.0 Å². The molecule has 110 valence electrons. The highest BCUT2D eigenvalue weighted by Crippen LogP contribution is 1.98. The summed E-state index contributed by atoms with van der Waals surface area (Å²) < 4.78 is 21.5. The van der Waals surface area contributed by atoms with Gasteiger partial charge in [-0.15, -0.1) is 11.6 Å². The van der Waals surface area contributed by atoms with Crippen LogP contribution in [0.5, 0.6) is 0 Å². The number of rotatable bonds is 9. The first-order valence-electron chi connectivity index (χ1n) is 7.15. The van der Waals surface area contributed by atoms with E-state index in [1.165, 1.54) is 0 Å². The molecule has 3 N–H and O–H groups in total. The predicted molar refractivity (Wildman–Crippen MR) is 82.5 cm³/mol. The van der Waals surface area contributed by atoms with Crippen molar-refractivity contribution in [2.24, 2.45) is 0 Å². The molecule has 0 unspecified atom stereocenters. The first-order valence-corrected chi connectivity index (χ1v) is 7.71. The van der Waals surface area contributed by atoms with E-state index in [-0.39, 0.29) is 18.2 Å². The lowest BCUT2D eigenvalue weighted by Gasteiger charge is -2.17. The Balaban J connectivity index is 4.39. The summed E-state index contributed by atoms with van der Waals surface area (Å²) >= 11 is 7.31. The highest BCUT2D eigenvalue weighted by molar-refractivity contribution is 14.1. The molecule has 0 heterocycles. The monoisotopic (exact) mass is 406 g/mol. The summed E-state index contributed by atoms with van der Waals surface area (Å²) in [6.45, 7) is -2.41. The van der Waals surface area contributed by atoms with Gasteiger partial charge in [-0.05, 0) is 19.7 Å². The second-order valence-corrected chi connectivity index (χ2v) is 4.63. The van der Waals surface area contributed by atoms with Crippen molar-refractivity contribution >= 4 is 51.9 Å². The molecule has 8 heteroatoms. The molecule has 0 saturated heterocycles. The van der Waals surface area contributed by atoms with Crippen molar-refractivity contribution in [3.05, 3.63) is 0 Å². The molecule has 0 fully saturated rings. The Morgan fingerprint density at radius 3 is 2.63 bits per heavy atom. The number of hydrogen-bond acceptors (Lipinski definition) is 3. The minimum atomic E-state index is -2.29. The standard InChI is InChI=1S/C11H19ClIN3O3/c1-2-14-11(19)8(16-9(17)6-12)4-3-5-15-10(18)7-13/h8H,2-7H2,1H3,(H,14,19)(H,15,18)(H,16,17)/t8-/m0/s1/i1D3. The van der Waals surface area contributed by atoms with Crippen molar-refractivity contribution in [2.75, 3.05) is 23.4 Å². The number of carbonyl (C=O) groups excluding carboxylic acids is 3. The van der Waals surface area contributed by atoms with E-state index in [1.54, 1.807) is 0 Å². The number of alkyl halides is 2. The first kappa shape index (κ1) is 13.4. The Labute approximate surface area is 135 Å². The van der Waals surface area contributed by atoms with Crippen LogP contribution in [0.2, 0.25) is 0 Å². The lowest BCUT2D eigenvalue weighted by Crippen LogP contribution is -2.47. The van der Waals surface area contributed by atoms with Crippen molar-refractivity contribution in [2.45, 2.75) is 25.7 Å². The summed E-state index contributed by atoms with van der Waals surface area (Å²) in [6.07, 6.45) is 0.716. The van der Waals surface area contributed by atoms with Crippen LogP contribution in [0, 0.1) is 0 Å². The van der Waals surface area contributed by atoms with Crippen LogP contribution in [-0.4, -0.2) is 47.2 Å². The van der Waals surface area contributed by atoms with Crippen LogP contribution >= 0.6 is 34.2 Å². The van der Waals surface area contributed by atoms with E-state index in [1.807, 2.05) is 22.6 Å². The Hall–Kier alpha value is -0.570. The molecule has 0 aromatic carbocycles. The fraction of sp³-hybridized carbons (Fsp3) is 0.727. The van der Waals surface area contributed by atoms with Crippen molar-refractivity contribution < 1.29 is 18.5 Å². The van der Waals surface area contributed by atoms with Gasteiger partial charge in [0.05, 0.1) is 4.43 Å². The number of nitrogens with one attached hydrogen (secondary N) is 3. The summed E-state index contributed by atoms with van der Waals surface area (Å²) in [5.74, 6) is -1.52. The van der Waals surface area contributed by atoms with E-state index in [2.05, 4.69) is 16.0 Å².